The zero-order valence-corrected chi connectivity index (χ0v) is 13.2. The van der Waals surface area contributed by atoms with Crippen LogP contribution in [0.25, 0.3) is 0 Å². The maximum absolute atomic E-state index is 11.7. The van der Waals surface area contributed by atoms with Crippen LogP contribution in [0.15, 0.2) is 0 Å². The van der Waals surface area contributed by atoms with E-state index < -0.39 is 6.04 Å². The second kappa shape index (κ2) is 8.51. The summed E-state index contributed by atoms with van der Waals surface area (Å²) in [4.78, 5) is 13.3. The molecule has 5 heteroatoms. The van der Waals surface area contributed by atoms with Gasteiger partial charge in [0.05, 0.1) is 33.8 Å². The first-order valence-electron chi connectivity index (χ1n) is 7.16. The molecule has 0 fully saturated rings. The van der Waals surface area contributed by atoms with E-state index in [0.717, 1.165) is 17.3 Å². The molecule has 0 bridgehead atoms. The first-order chi connectivity index (χ1) is 8.73. The van der Waals surface area contributed by atoms with Crippen molar-refractivity contribution in [3.05, 3.63) is 0 Å². The summed E-state index contributed by atoms with van der Waals surface area (Å²) in [6.07, 6.45) is 4.44. The molecule has 3 N–H and O–H groups in total. The van der Waals surface area contributed by atoms with Crippen LogP contribution in [-0.2, 0) is 4.79 Å². The number of carbonyl (C=O) groups excluding carboxylic acids is 1. The maximum Gasteiger partial charge on any atom is 0.241 e. The van der Waals surface area contributed by atoms with Crippen molar-refractivity contribution in [1.82, 2.24) is 4.90 Å². The summed E-state index contributed by atoms with van der Waals surface area (Å²) in [6, 6.07) is -0.111. The molecule has 0 aliphatic carbocycles. The summed E-state index contributed by atoms with van der Waals surface area (Å²) >= 11 is 0. The van der Waals surface area contributed by atoms with Crippen LogP contribution >= 0.6 is 0 Å². The molecule has 0 aromatic carbocycles. The predicted molar refractivity (Wildman–Crippen MR) is 78.7 cm³/mol. The third kappa shape index (κ3) is 6.89. The SMILES string of the molecule is CCC(CCCCN(C)C(=O)[C@@H](N)CO)[N+](C)(C)C. The number of nitrogens with zero attached hydrogens (tertiary/aromatic N) is 2. The molecule has 0 radical (unpaired) electrons. The Bertz CT molecular complexity index is 264. The molecule has 0 spiro atoms. The molecular weight excluding hydrogens is 242 g/mol. The van der Waals surface area contributed by atoms with E-state index in [4.69, 9.17) is 10.8 Å². The molecule has 0 saturated heterocycles. The fraction of sp³-hybridized carbons (Fsp3) is 0.929. The molecule has 0 heterocycles. The van der Waals surface area contributed by atoms with Gasteiger partial charge in [0.25, 0.3) is 0 Å². The molecule has 0 aliphatic heterocycles. The van der Waals surface area contributed by atoms with Crippen LogP contribution in [0.1, 0.15) is 32.6 Å². The van der Waals surface area contributed by atoms with E-state index in [-0.39, 0.29) is 12.5 Å². The van der Waals surface area contributed by atoms with Gasteiger partial charge in [-0.05, 0) is 25.7 Å². The van der Waals surface area contributed by atoms with Crippen LogP contribution in [0, 0.1) is 0 Å². The Morgan fingerprint density at radius 1 is 1.32 bits per heavy atom. The Hall–Kier alpha value is -0.650. The van der Waals surface area contributed by atoms with Gasteiger partial charge in [0.1, 0.15) is 6.04 Å². The number of hydrogen-bond donors (Lipinski definition) is 2. The fourth-order valence-corrected chi connectivity index (χ4v) is 2.34. The van der Waals surface area contributed by atoms with Crippen LogP contribution in [0.4, 0.5) is 0 Å². The van der Waals surface area contributed by atoms with E-state index in [1.807, 2.05) is 0 Å². The summed E-state index contributed by atoms with van der Waals surface area (Å²) in [7, 11) is 8.42. The number of nitrogens with two attached hydrogens (primary N) is 1. The van der Waals surface area contributed by atoms with Gasteiger partial charge in [-0.25, -0.2) is 0 Å². The average Bonchev–Trinajstić information content (AvgIpc) is 2.34. The maximum atomic E-state index is 11.7. The van der Waals surface area contributed by atoms with E-state index in [0.29, 0.717) is 12.6 Å². The minimum absolute atomic E-state index is 0.179. The topological polar surface area (TPSA) is 66.6 Å². The van der Waals surface area contributed by atoms with Crippen LogP contribution in [0.2, 0.25) is 0 Å². The molecule has 1 unspecified atom stereocenters. The number of aliphatic hydroxyl groups is 1. The molecule has 1 amide bonds. The highest BCUT2D eigenvalue weighted by atomic mass is 16.3. The fourth-order valence-electron chi connectivity index (χ4n) is 2.34. The molecule has 0 aromatic heterocycles. The lowest BCUT2D eigenvalue weighted by Crippen LogP contribution is -2.45. The highest BCUT2D eigenvalue weighted by Crippen LogP contribution is 2.14. The summed E-state index contributed by atoms with van der Waals surface area (Å²) in [5.74, 6) is -0.179. The summed E-state index contributed by atoms with van der Waals surface area (Å²) in [5.41, 5.74) is 5.50. The average molecular weight is 274 g/mol. The Morgan fingerprint density at radius 2 is 1.89 bits per heavy atom. The van der Waals surface area contributed by atoms with Crippen LogP contribution in [-0.4, -0.2) is 73.8 Å². The Kier molecular flexibility index (Phi) is 8.22. The molecular formula is C14H32N3O2+. The van der Waals surface area contributed by atoms with Crippen molar-refractivity contribution in [3.63, 3.8) is 0 Å². The van der Waals surface area contributed by atoms with Crippen LogP contribution < -0.4 is 5.73 Å². The highest BCUT2D eigenvalue weighted by molar-refractivity contribution is 5.81. The van der Waals surface area contributed by atoms with Gasteiger partial charge in [0, 0.05) is 13.6 Å². The second-order valence-corrected chi connectivity index (χ2v) is 6.22. The molecule has 114 valence electrons. The zero-order valence-electron chi connectivity index (χ0n) is 13.2. The third-order valence-corrected chi connectivity index (χ3v) is 3.74. The van der Waals surface area contributed by atoms with Gasteiger partial charge in [-0.2, -0.15) is 0 Å². The Morgan fingerprint density at radius 3 is 2.32 bits per heavy atom. The van der Waals surface area contributed by atoms with Crippen molar-refractivity contribution in [1.29, 1.82) is 0 Å². The van der Waals surface area contributed by atoms with Gasteiger partial charge < -0.3 is 20.2 Å². The molecule has 2 atom stereocenters. The lowest BCUT2D eigenvalue weighted by molar-refractivity contribution is -0.896. The third-order valence-electron chi connectivity index (χ3n) is 3.74. The first-order valence-corrected chi connectivity index (χ1v) is 7.16. The smallest absolute Gasteiger partial charge is 0.241 e. The largest absolute Gasteiger partial charge is 0.394 e. The first kappa shape index (κ1) is 18.4. The zero-order chi connectivity index (χ0) is 15.1. The van der Waals surface area contributed by atoms with Crippen molar-refractivity contribution >= 4 is 5.91 Å². The number of quaternary nitrogens is 1. The van der Waals surface area contributed by atoms with E-state index in [9.17, 15) is 4.79 Å². The summed E-state index contributed by atoms with van der Waals surface area (Å²) in [5, 5.41) is 8.85. The van der Waals surface area contributed by atoms with E-state index in [1.54, 1.807) is 11.9 Å². The van der Waals surface area contributed by atoms with E-state index in [1.165, 1.54) is 12.8 Å². The molecule has 0 rings (SSSR count). The lowest BCUT2D eigenvalue weighted by atomic mass is 10.0. The lowest BCUT2D eigenvalue weighted by Gasteiger charge is -2.33. The van der Waals surface area contributed by atoms with Gasteiger partial charge >= 0.3 is 0 Å². The number of amides is 1. The van der Waals surface area contributed by atoms with E-state index in [2.05, 4.69) is 28.1 Å². The van der Waals surface area contributed by atoms with Gasteiger partial charge in [-0.3, -0.25) is 4.79 Å². The highest BCUT2D eigenvalue weighted by Gasteiger charge is 2.21. The van der Waals surface area contributed by atoms with Crippen molar-refractivity contribution in [3.8, 4) is 0 Å². The minimum atomic E-state index is -0.778. The number of likely N-dealkylation sites (N-methyl/N-ethyl adjacent to an activating group) is 1. The van der Waals surface area contributed by atoms with Gasteiger partial charge in [0.15, 0.2) is 0 Å². The molecule has 5 nitrogen and oxygen atoms in total. The van der Waals surface area contributed by atoms with Gasteiger partial charge in [-0.1, -0.05) is 6.92 Å². The number of rotatable bonds is 9. The number of aliphatic hydroxyl groups excluding tert-OH is 1. The van der Waals surface area contributed by atoms with Crippen molar-refractivity contribution in [2.24, 2.45) is 5.73 Å². The van der Waals surface area contributed by atoms with Crippen molar-refractivity contribution in [2.45, 2.75) is 44.7 Å². The molecule has 0 aromatic rings. The quantitative estimate of drug-likeness (QED) is 0.473. The van der Waals surface area contributed by atoms with Gasteiger partial charge in [-0.15, -0.1) is 0 Å². The van der Waals surface area contributed by atoms with Crippen LogP contribution in [0.5, 0.6) is 0 Å². The monoisotopic (exact) mass is 274 g/mol. The summed E-state index contributed by atoms with van der Waals surface area (Å²) in [6.45, 7) is 2.65. The number of unbranched alkanes of at least 4 members (excludes halogenated alkanes) is 1. The Labute approximate surface area is 118 Å². The normalized spacial score (nSPS) is 15.1. The minimum Gasteiger partial charge on any atom is -0.394 e. The molecule has 0 saturated carbocycles. The number of carbonyl (C=O) groups is 1. The molecule has 19 heavy (non-hydrogen) atoms. The van der Waals surface area contributed by atoms with Crippen molar-refractivity contribution in [2.75, 3.05) is 41.3 Å². The molecule has 0 aliphatic rings. The second-order valence-electron chi connectivity index (χ2n) is 6.22. The predicted octanol–water partition coefficient (Wildman–Crippen LogP) is 0.420. The van der Waals surface area contributed by atoms with Gasteiger partial charge in [0.2, 0.25) is 5.91 Å². The Balaban J connectivity index is 3.95. The van der Waals surface area contributed by atoms with Crippen LogP contribution in [0.3, 0.4) is 0 Å². The number of hydrogen-bond acceptors (Lipinski definition) is 3. The standard InChI is InChI=1S/C14H32N3O2/c1-6-12(17(3,4)5)9-7-8-10-16(2)14(19)13(15)11-18/h12-13,18H,6-11,15H2,1-5H3/q+1/t12?,13-/m0/s1. The van der Waals surface area contributed by atoms with E-state index >= 15 is 0 Å². The van der Waals surface area contributed by atoms with Crippen molar-refractivity contribution < 1.29 is 14.4 Å². The summed E-state index contributed by atoms with van der Waals surface area (Å²) < 4.78 is 0.987.